The zero-order valence-electron chi connectivity index (χ0n) is 12.6. The van der Waals surface area contributed by atoms with Gasteiger partial charge in [-0.05, 0) is 35.6 Å². The molecule has 3 heterocycles. The number of piperazine rings is 1. The highest BCUT2D eigenvalue weighted by Crippen LogP contribution is 2.13. The Hall–Kier alpha value is -1.72. The van der Waals surface area contributed by atoms with Gasteiger partial charge in [-0.15, -0.1) is 11.3 Å². The maximum atomic E-state index is 12.3. The second-order valence-corrected chi connectivity index (χ2v) is 6.62. The highest BCUT2D eigenvalue weighted by Gasteiger charge is 2.20. The molecular formula is C17H21N3OS. The van der Waals surface area contributed by atoms with E-state index in [2.05, 4.69) is 33.5 Å². The summed E-state index contributed by atoms with van der Waals surface area (Å²) in [5.74, 6) is 0.289. The van der Waals surface area contributed by atoms with Gasteiger partial charge >= 0.3 is 0 Å². The first kappa shape index (κ1) is 15.2. The Labute approximate surface area is 135 Å². The molecule has 1 aliphatic rings. The van der Waals surface area contributed by atoms with Crippen LogP contribution in [-0.2, 0) is 17.8 Å². The van der Waals surface area contributed by atoms with E-state index in [1.54, 1.807) is 11.3 Å². The second-order valence-electron chi connectivity index (χ2n) is 5.59. The Morgan fingerprint density at radius 1 is 1.14 bits per heavy atom. The van der Waals surface area contributed by atoms with Crippen LogP contribution in [0.1, 0.15) is 16.9 Å². The average Bonchev–Trinajstić information content (AvgIpc) is 3.08. The third-order valence-corrected chi connectivity index (χ3v) is 4.98. The number of aryl methyl sites for hydroxylation is 1. The van der Waals surface area contributed by atoms with Crippen LogP contribution in [-0.4, -0.2) is 46.9 Å². The van der Waals surface area contributed by atoms with E-state index in [0.717, 1.165) is 39.1 Å². The van der Waals surface area contributed by atoms with Crippen molar-refractivity contribution in [2.75, 3.05) is 26.2 Å². The number of nitrogens with zero attached hydrogens (tertiary/aromatic N) is 3. The molecule has 0 radical (unpaired) electrons. The van der Waals surface area contributed by atoms with Gasteiger partial charge in [0, 0.05) is 56.4 Å². The summed E-state index contributed by atoms with van der Waals surface area (Å²) >= 11 is 1.73. The third kappa shape index (κ3) is 4.15. The fourth-order valence-electron chi connectivity index (χ4n) is 2.74. The van der Waals surface area contributed by atoms with Crippen LogP contribution in [0.2, 0.25) is 0 Å². The Kier molecular flexibility index (Phi) is 5.19. The molecule has 0 bridgehead atoms. The van der Waals surface area contributed by atoms with Crippen LogP contribution < -0.4 is 0 Å². The molecule has 1 aliphatic heterocycles. The predicted octanol–water partition coefficient (Wildman–Crippen LogP) is 2.42. The highest BCUT2D eigenvalue weighted by atomic mass is 32.1. The molecule has 116 valence electrons. The molecule has 2 aromatic rings. The molecule has 1 amide bonds. The van der Waals surface area contributed by atoms with Crippen LogP contribution in [0.3, 0.4) is 0 Å². The maximum Gasteiger partial charge on any atom is 0.223 e. The van der Waals surface area contributed by atoms with E-state index in [1.165, 1.54) is 10.4 Å². The van der Waals surface area contributed by atoms with Gasteiger partial charge in [0.25, 0.3) is 0 Å². The maximum absolute atomic E-state index is 12.3. The van der Waals surface area contributed by atoms with E-state index in [4.69, 9.17) is 0 Å². The summed E-state index contributed by atoms with van der Waals surface area (Å²) < 4.78 is 0. The van der Waals surface area contributed by atoms with Crippen molar-refractivity contribution < 1.29 is 4.79 Å². The SMILES string of the molecule is O=C(CCc1cccs1)N1CCN(Cc2ccncc2)CC1. The molecule has 22 heavy (non-hydrogen) atoms. The van der Waals surface area contributed by atoms with Gasteiger partial charge in [0.2, 0.25) is 5.91 Å². The van der Waals surface area contributed by atoms with Gasteiger partial charge in [-0.25, -0.2) is 0 Å². The van der Waals surface area contributed by atoms with E-state index in [-0.39, 0.29) is 5.91 Å². The lowest BCUT2D eigenvalue weighted by atomic mass is 10.2. The summed E-state index contributed by atoms with van der Waals surface area (Å²) in [7, 11) is 0. The normalized spacial score (nSPS) is 15.9. The molecule has 5 heteroatoms. The molecule has 2 aromatic heterocycles. The van der Waals surface area contributed by atoms with Crippen LogP contribution in [0.15, 0.2) is 42.0 Å². The van der Waals surface area contributed by atoms with E-state index < -0.39 is 0 Å². The van der Waals surface area contributed by atoms with Gasteiger partial charge in [0.15, 0.2) is 0 Å². The van der Waals surface area contributed by atoms with Gasteiger partial charge in [-0.1, -0.05) is 6.07 Å². The number of amides is 1. The molecule has 0 unspecified atom stereocenters. The number of carbonyl (C=O) groups is 1. The number of aromatic nitrogens is 1. The molecule has 0 spiro atoms. The van der Waals surface area contributed by atoms with Crippen LogP contribution >= 0.6 is 11.3 Å². The quantitative estimate of drug-likeness (QED) is 0.850. The van der Waals surface area contributed by atoms with Gasteiger partial charge < -0.3 is 4.90 Å². The first-order chi connectivity index (χ1) is 10.8. The molecule has 0 saturated carbocycles. The molecule has 4 nitrogen and oxygen atoms in total. The third-order valence-electron chi connectivity index (χ3n) is 4.05. The smallest absolute Gasteiger partial charge is 0.223 e. The monoisotopic (exact) mass is 315 g/mol. The van der Waals surface area contributed by atoms with Crippen LogP contribution in [0.5, 0.6) is 0 Å². The van der Waals surface area contributed by atoms with Crippen molar-refractivity contribution in [1.29, 1.82) is 0 Å². The van der Waals surface area contributed by atoms with Gasteiger partial charge in [-0.3, -0.25) is 14.7 Å². The van der Waals surface area contributed by atoms with Gasteiger partial charge in [0.1, 0.15) is 0 Å². The van der Waals surface area contributed by atoms with E-state index in [0.29, 0.717) is 6.42 Å². The van der Waals surface area contributed by atoms with Gasteiger partial charge in [-0.2, -0.15) is 0 Å². The largest absolute Gasteiger partial charge is 0.340 e. The number of hydrogen-bond donors (Lipinski definition) is 0. The number of hydrogen-bond acceptors (Lipinski definition) is 4. The fraction of sp³-hybridized carbons (Fsp3) is 0.412. The average molecular weight is 315 g/mol. The number of pyridine rings is 1. The molecular weight excluding hydrogens is 294 g/mol. The zero-order chi connectivity index (χ0) is 15.2. The zero-order valence-corrected chi connectivity index (χ0v) is 13.5. The lowest BCUT2D eigenvalue weighted by Crippen LogP contribution is -2.48. The fourth-order valence-corrected chi connectivity index (χ4v) is 3.45. The topological polar surface area (TPSA) is 36.4 Å². The van der Waals surface area contributed by atoms with Gasteiger partial charge in [0.05, 0.1) is 0 Å². The summed E-state index contributed by atoms with van der Waals surface area (Å²) in [6.45, 7) is 4.53. The minimum Gasteiger partial charge on any atom is -0.340 e. The lowest BCUT2D eigenvalue weighted by Gasteiger charge is -2.34. The van der Waals surface area contributed by atoms with Crippen molar-refractivity contribution in [2.24, 2.45) is 0 Å². The minimum absolute atomic E-state index is 0.289. The van der Waals surface area contributed by atoms with E-state index >= 15 is 0 Å². The van der Waals surface area contributed by atoms with E-state index in [1.807, 2.05) is 23.4 Å². The van der Waals surface area contributed by atoms with Crippen molar-refractivity contribution in [3.05, 3.63) is 52.5 Å². The summed E-state index contributed by atoms with van der Waals surface area (Å²) in [5.41, 5.74) is 1.28. The minimum atomic E-state index is 0.289. The molecule has 0 N–H and O–H groups in total. The number of thiophene rings is 1. The van der Waals surface area contributed by atoms with Crippen molar-refractivity contribution in [3.8, 4) is 0 Å². The standard InChI is InChI=1S/C17H21N3OS/c21-17(4-3-16-2-1-13-22-16)20-11-9-19(10-12-20)14-15-5-7-18-8-6-15/h1-2,5-8,13H,3-4,9-12,14H2. The van der Waals surface area contributed by atoms with Crippen LogP contribution in [0.4, 0.5) is 0 Å². The van der Waals surface area contributed by atoms with E-state index in [9.17, 15) is 4.79 Å². The first-order valence-corrected chi connectivity index (χ1v) is 8.60. The van der Waals surface area contributed by atoms with Crippen molar-refractivity contribution in [2.45, 2.75) is 19.4 Å². The molecule has 0 aliphatic carbocycles. The Bertz CT molecular complexity index is 577. The summed E-state index contributed by atoms with van der Waals surface area (Å²) in [6, 6.07) is 8.25. The van der Waals surface area contributed by atoms with Crippen molar-refractivity contribution in [3.63, 3.8) is 0 Å². The summed E-state index contributed by atoms with van der Waals surface area (Å²) in [6.07, 6.45) is 5.16. The second kappa shape index (κ2) is 7.51. The lowest BCUT2D eigenvalue weighted by molar-refractivity contribution is -0.132. The number of carbonyl (C=O) groups excluding carboxylic acids is 1. The molecule has 1 saturated heterocycles. The number of rotatable bonds is 5. The Morgan fingerprint density at radius 3 is 2.59 bits per heavy atom. The molecule has 0 aromatic carbocycles. The van der Waals surface area contributed by atoms with Crippen molar-refractivity contribution >= 4 is 17.2 Å². The molecule has 3 rings (SSSR count). The first-order valence-electron chi connectivity index (χ1n) is 7.73. The molecule has 0 atom stereocenters. The van der Waals surface area contributed by atoms with Crippen molar-refractivity contribution in [1.82, 2.24) is 14.8 Å². The summed E-state index contributed by atoms with van der Waals surface area (Å²) in [5, 5.41) is 2.07. The Balaban J connectivity index is 1.42. The van der Waals surface area contributed by atoms with Crippen LogP contribution in [0.25, 0.3) is 0 Å². The highest BCUT2D eigenvalue weighted by molar-refractivity contribution is 7.09. The predicted molar refractivity (Wildman–Crippen MR) is 88.7 cm³/mol. The summed E-state index contributed by atoms with van der Waals surface area (Å²) in [4.78, 5) is 22.0. The van der Waals surface area contributed by atoms with Crippen LogP contribution in [0, 0.1) is 0 Å². The molecule has 1 fully saturated rings. The Morgan fingerprint density at radius 2 is 1.91 bits per heavy atom.